The monoisotopic (exact) mass is 340 g/mol. The van der Waals surface area contributed by atoms with Crippen LogP contribution in [0.3, 0.4) is 0 Å². The van der Waals surface area contributed by atoms with E-state index in [2.05, 4.69) is 5.32 Å². The summed E-state index contributed by atoms with van der Waals surface area (Å²) < 4.78 is 48.7. The van der Waals surface area contributed by atoms with Crippen LogP contribution in [-0.4, -0.2) is 37.4 Å². The molecule has 6 nitrogen and oxygen atoms in total. The minimum atomic E-state index is -4.76. The summed E-state index contributed by atoms with van der Waals surface area (Å²) in [6.07, 6.45) is -5.10. The molecule has 1 aromatic rings. The van der Waals surface area contributed by atoms with E-state index >= 15 is 0 Å². The molecule has 1 aliphatic rings. The van der Waals surface area contributed by atoms with Crippen LogP contribution >= 0.6 is 11.6 Å². The Kier molecular flexibility index (Phi) is 5.09. The van der Waals surface area contributed by atoms with Crippen LogP contribution in [0.25, 0.3) is 0 Å². The van der Waals surface area contributed by atoms with E-state index in [-0.39, 0.29) is 18.3 Å². The highest BCUT2D eigenvalue weighted by molar-refractivity contribution is 6.31. The number of ether oxygens (including phenoxy) is 2. The Hall–Kier alpha value is -1.58. The molecule has 0 radical (unpaired) electrons. The smallest absolute Gasteiger partial charge is 0.377 e. The van der Waals surface area contributed by atoms with Gasteiger partial charge in [-0.2, -0.15) is 13.2 Å². The van der Waals surface area contributed by atoms with Crippen molar-refractivity contribution in [2.45, 2.75) is 12.3 Å². The number of nitro groups is 1. The minimum Gasteiger partial charge on any atom is -0.377 e. The second-order valence-electron chi connectivity index (χ2n) is 4.55. The van der Waals surface area contributed by atoms with Gasteiger partial charge >= 0.3 is 6.18 Å². The molecule has 0 aromatic heterocycles. The number of benzene rings is 1. The predicted molar refractivity (Wildman–Crippen MR) is 72.2 cm³/mol. The summed E-state index contributed by atoms with van der Waals surface area (Å²) in [7, 11) is 0. The lowest BCUT2D eigenvalue weighted by atomic mass is 10.1. The van der Waals surface area contributed by atoms with Gasteiger partial charge in [-0.3, -0.25) is 10.1 Å². The molecule has 0 spiro atoms. The Labute approximate surface area is 128 Å². The van der Waals surface area contributed by atoms with Gasteiger partial charge in [-0.1, -0.05) is 11.6 Å². The van der Waals surface area contributed by atoms with Crippen molar-refractivity contribution < 1.29 is 27.6 Å². The number of rotatable bonds is 4. The largest absolute Gasteiger partial charge is 0.418 e. The van der Waals surface area contributed by atoms with Crippen molar-refractivity contribution in [3.8, 4) is 0 Å². The van der Waals surface area contributed by atoms with E-state index in [9.17, 15) is 23.3 Å². The molecule has 0 amide bonds. The molecule has 122 valence electrons. The van der Waals surface area contributed by atoms with Gasteiger partial charge in [0.05, 0.1) is 41.4 Å². The van der Waals surface area contributed by atoms with Crippen molar-refractivity contribution >= 4 is 23.0 Å². The lowest BCUT2D eigenvalue weighted by Crippen LogP contribution is -2.34. The molecule has 0 bridgehead atoms. The first-order valence-electron chi connectivity index (χ1n) is 6.27. The summed E-state index contributed by atoms with van der Waals surface area (Å²) in [4.78, 5) is 10.1. The van der Waals surface area contributed by atoms with Crippen molar-refractivity contribution in [2.24, 2.45) is 0 Å². The van der Waals surface area contributed by atoms with Crippen LogP contribution in [0.1, 0.15) is 5.56 Å². The topological polar surface area (TPSA) is 73.6 Å². The van der Waals surface area contributed by atoms with Gasteiger partial charge in [-0.05, 0) is 6.07 Å². The van der Waals surface area contributed by atoms with Crippen LogP contribution in [0.4, 0.5) is 24.5 Å². The quantitative estimate of drug-likeness (QED) is 0.673. The number of hydrogen-bond donors (Lipinski definition) is 1. The fourth-order valence-corrected chi connectivity index (χ4v) is 2.22. The summed E-state index contributed by atoms with van der Waals surface area (Å²) in [5, 5.41) is 13.0. The molecule has 22 heavy (non-hydrogen) atoms. The van der Waals surface area contributed by atoms with Crippen LogP contribution in [0, 0.1) is 10.1 Å². The molecule has 1 saturated heterocycles. The highest BCUT2D eigenvalue weighted by Crippen LogP contribution is 2.40. The third-order valence-electron chi connectivity index (χ3n) is 2.99. The van der Waals surface area contributed by atoms with Crippen LogP contribution in [-0.2, 0) is 15.7 Å². The van der Waals surface area contributed by atoms with E-state index in [1.54, 1.807) is 0 Å². The third kappa shape index (κ3) is 3.99. The normalized spacial score (nSPS) is 19.0. The first-order valence-corrected chi connectivity index (χ1v) is 6.65. The Morgan fingerprint density at radius 3 is 2.68 bits per heavy atom. The molecule has 0 aliphatic carbocycles. The molecular weight excluding hydrogens is 329 g/mol. The molecule has 1 aliphatic heterocycles. The number of nitrogens with zero attached hydrogens (tertiary/aromatic N) is 1. The Balaban J connectivity index is 2.22. The maximum atomic E-state index is 12.7. The average Bonchev–Trinajstić information content (AvgIpc) is 2.44. The van der Waals surface area contributed by atoms with E-state index in [0.717, 1.165) is 6.07 Å². The van der Waals surface area contributed by atoms with E-state index in [1.807, 2.05) is 0 Å². The van der Waals surface area contributed by atoms with Gasteiger partial charge in [0.2, 0.25) is 0 Å². The van der Waals surface area contributed by atoms with Crippen LogP contribution in [0.15, 0.2) is 12.1 Å². The summed E-state index contributed by atoms with van der Waals surface area (Å²) in [5.41, 5.74) is -2.05. The maximum absolute atomic E-state index is 12.7. The van der Waals surface area contributed by atoms with Crippen LogP contribution in [0.2, 0.25) is 5.02 Å². The van der Waals surface area contributed by atoms with Crippen molar-refractivity contribution in [3.05, 3.63) is 32.8 Å². The van der Waals surface area contributed by atoms with Gasteiger partial charge in [-0.25, -0.2) is 0 Å². The van der Waals surface area contributed by atoms with Gasteiger partial charge in [0.15, 0.2) is 0 Å². The van der Waals surface area contributed by atoms with E-state index in [4.69, 9.17) is 21.1 Å². The molecule has 1 fully saturated rings. The van der Waals surface area contributed by atoms with Gasteiger partial charge in [-0.15, -0.1) is 0 Å². The highest BCUT2D eigenvalue weighted by Gasteiger charge is 2.36. The number of anilines is 1. The Morgan fingerprint density at radius 2 is 2.14 bits per heavy atom. The second-order valence-corrected chi connectivity index (χ2v) is 4.96. The zero-order chi connectivity index (χ0) is 16.3. The zero-order valence-corrected chi connectivity index (χ0v) is 11.9. The second kappa shape index (κ2) is 6.67. The number of alkyl halides is 3. The van der Waals surface area contributed by atoms with E-state index in [1.165, 1.54) is 0 Å². The predicted octanol–water partition coefficient (Wildman–Crippen LogP) is 3.09. The maximum Gasteiger partial charge on any atom is 0.418 e. The first-order chi connectivity index (χ1) is 10.3. The highest BCUT2D eigenvalue weighted by atomic mass is 35.5. The number of nitrogens with one attached hydrogen (secondary N) is 1. The van der Waals surface area contributed by atoms with Gasteiger partial charge in [0, 0.05) is 12.6 Å². The minimum absolute atomic E-state index is 0.0998. The van der Waals surface area contributed by atoms with Crippen LogP contribution in [0.5, 0.6) is 0 Å². The molecule has 1 aromatic carbocycles. The Bertz CT molecular complexity index is 562. The molecular formula is C12H12ClF3N2O4. The van der Waals surface area contributed by atoms with Crippen molar-refractivity contribution in [3.63, 3.8) is 0 Å². The summed E-state index contributed by atoms with van der Waals surface area (Å²) in [5.74, 6) is 0. The fourth-order valence-electron chi connectivity index (χ4n) is 1.95. The van der Waals surface area contributed by atoms with Crippen molar-refractivity contribution in [2.75, 3.05) is 31.7 Å². The van der Waals surface area contributed by atoms with Crippen molar-refractivity contribution in [1.29, 1.82) is 0 Å². The van der Waals surface area contributed by atoms with Gasteiger partial charge < -0.3 is 14.8 Å². The van der Waals surface area contributed by atoms with Gasteiger partial charge in [0.1, 0.15) is 5.69 Å². The Morgan fingerprint density at radius 1 is 1.41 bits per heavy atom. The van der Waals surface area contributed by atoms with Crippen LogP contribution < -0.4 is 5.32 Å². The van der Waals surface area contributed by atoms with Gasteiger partial charge in [0.25, 0.3) is 5.69 Å². The number of halogens is 4. The molecule has 2 rings (SSSR count). The van der Waals surface area contributed by atoms with E-state index in [0.29, 0.717) is 25.9 Å². The average molecular weight is 341 g/mol. The standard InChI is InChI=1S/C12H12ClF3N2O4/c13-9-4-10(17-5-7-6-21-1-2-22-7)11(18(19)20)3-8(9)12(14,15)16/h3-4,7,17H,1-2,5-6H2/t7-/m0/s1. The number of nitro benzene ring substituents is 1. The molecule has 1 atom stereocenters. The zero-order valence-electron chi connectivity index (χ0n) is 11.2. The lowest BCUT2D eigenvalue weighted by Gasteiger charge is -2.23. The van der Waals surface area contributed by atoms with Crippen molar-refractivity contribution in [1.82, 2.24) is 0 Å². The summed E-state index contributed by atoms with van der Waals surface area (Å²) >= 11 is 5.57. The number of hydrogen-bond acceptors (Lipinski definition) is 5. The molecule has 10 heteroatoms. The molecule has 1 heterocycles. The first kappa shape index (κ1) is 16.8. The van der Waals surface area contributed by atoms with E-state index < -0.39 is 27.4 Å². The molecule has 1 N–H and O–H groups in total. The SMILES string of the molecule is O=[N+]([O-])c1cc(C(F)(F)F)c(Cl)cc1NC[C@H]1COCCO1. The lowest BCUT2D eigenvalue weighted by molar-refractivity contribution is -0.384. The molecule has 0 saturated carbocycles. The fraction of sp³-hybridized carbons (Fsp3) is 0.500. The molecule has 0 unspecified atom stereocenters. The third-order valence-corrected chi connectivity index (χ3v) is 3.31. The summed E-state index contributed by atoms with van der Waals surface area (Å²) in [6, 6.07) is 1.31. The summed E-state index contributed by atoms with van der Waals surface area (Å²) in [6.45, 7) is 1.31.